The summed E-state index contributed by atoms with van der Waals surface area (Å²) in [6.45, 7) is 4.20. The predicted octanol–water partition coefficient (Wildman–Crippen LogP) is 14.6. The molecule has 0 rings (SSSR count). The van der Waals surface area contributed by atoms with E-state index in [0.29, 0.717) is 12.8 Å². The van der Waals surface area contributed by atoms with Crippen LogP contribution in [0, 0.1) is 0 Å². The van der Waals surface area contributed by atoms with Gasteiger partial charge < -0.3 is 15.2 Å². The highest BCUT2D eigenvalue weighted by Gasteiger charge is 2.14. The van der Waals surface area contributed by atoms with Crippen molar-refractivity contribution in [2.75, 3.05) is 6.54 Å². The molecular formula is C49H87NO5. The van der Waals surface area contributed by atoms with Crippen molar-refractivity contribution in [2.24, 2.45) is 0 Å². The van der Waals surface area contributed by atoms with Crippen molar-refractivity contribution in [1.82, 2.24) is 5.32 Å². The van der Waals surface area contributed by atoms with Crippen LogP contribution in [0.25, 0.3) is 0 Å². The van der Waals surface area contributed by atoms with E-state index in [2.05, 4.69) is 67.8 Å². The number of carbonyl (C=O) groups is 3. The molecule has 0 saturated heterocycles. The Morgan fingerprint density at radius 3 is 1.29 bits per heavy atom. The molecule has 0 radical (unpaired) electrons. The van der Waals surface area contributed by atoms with Gasteiger partial charge in [-0.2, -0.15) is 0 Å². The Balaban J connectivity index is 4.22. The number of hydrogen-bond acceptors (Lipinski definition) is 4. The molecule has 0 aliphatic heterocycles. The highest BCUT2D eigenvalue weighted by molar-refractivity contribution is 5.80. The van der Waals surface area contributed by atoms with Gasteiger partial charge in [0.05, 0.1) is 0 Å². The van der Waals surface area contributed by atoms with Crippen LogP contribution in [-0.2, 0) is 19.1 Å². The van der Waals surface area contributed by atoms with Crippen LogP contribution in [0.15, 0.2) is 48.6 Å². The van der Waals surface area contributed by atoms with E-state index < -0.39 is 5.97 Å². The van der Waals surface area contributed by atoms with E-state index in [1.54, 1.807) is 0 Å². The van der Waals surface area contributed by atoms with Crippen LogP contribution in [-0.4, -0.2) is 35.6 Å². The number of amides is 1. The number of aliphatic carboxylic acids is 1. The molecule has 55 heavy (non-hydrogen) atoms. The topological polar surface area (TPSA) is 92.7 Å². The molecule has 0 fully saturated rings. The molecule has 0 spiro atoms. The number of unbranched alkanes of at least 4 members (excludes halogenated alkanes) is 23. The van der Waals surface area contributed by atoms with Gasteiger partial charge in [0.25, 0.3) is 0 Å². The third kappa shape index (κ3) is 44.0. The van der Waals surface area contributed by atoms with Crippen molar-refractivity contribution in [1.29, 1.82) is 0 Å². The zero-order chi connectivity index (χ0) is 40.1. The molecule has 0 aromatic rings. The quantitative estimate of drug-likeness (QED) is 0.0366. The molecule has 1 amide bonds. The number of carboxylic acid groups (broad SMARTS) is 1. The standard InChI is InChI=1S/C49H87NO5/c1-3-5-7-9-11-13-15-17-19-20-21-23-25-27-29-31-36-40-44-49(54)55-46(42-38-34-32-35-39-43-47(51)50-45-48(52)53)41-37-33-30-28-26-24-22-18-16-14-12-10-8-6-4-2/h13,15-16,18-20,24,26,46H,3-12,14,17,21-23,25,27-45H2,1-2H3,(H,50,51)(H,52,53)/b15-13-,18-16-,20-19-,26-24-. The smallest absolute Gasteiger partial charge is 0.322 e. The summed E-state index contributed by atoms with van der Waals surface area (Å²) in [5.74, 6) is -1.25. The van der Waals surface area contributed by atoms with E-state index in [0.717, 1.165) is 89.9 Å². The maximum absolute atomic E-state index is 12.8. The molecule has 1 atom stereocenters. The minimum atomic E-state index is -1.02. The van der Waals surface area contributed by atoms with Crippen molar-refractivity contribution in [3.8, 4) is 0 Å². The van der Waals surface area contributed by atoms with Gasteiger partial charge in [-0.1, -0.05) is 165 Å². The lowest BCUT2D eigenvalue weighted by Gasteiger charge is -2.18. The number of rotatable bonds is 42. The van der Waals surface area contributed by atoms with Crippen molar-refractivity contribution in [3.63, 3.8) is 0 Å². The number of ether oxygens (including phenoxy) is 1. The van der Waals surface area contributed by atoms with E-state index in [1.807, 2.05) is 0 Å². The Hall–Kier alpha value is -2.63. The first kappa shape index (κ1) is 52.4. The molecular weight excluding hydrogens is 683 g/mol. The Bertz CT molecular complexity index is 984. The van der Waals surface area contributed by atoms with Crippen molar-refractivity contribution >= 4 is 17.8 Å². The fourth-order valence-electron chi connectivity index (χ4n) is 6.75. The summed E-state index contributed by atoms with van der Waals surface area (Å²) in [4.78, 5) is 35.1. The summed E-state index contributed by atoms with van der Waals surface area (Å²) < 4.78 is 6.04. The van der Waals surface area contributed by atoms with Crippen LogP contribution in [0.5, 0.6) is 0 Å². The minimum absolute atomic E-state index is 0.00225. The van der Waals surface area contributed by atoms with Gasteiger partial charge in [0.15, 0.2) is 0 Å². The van der Waals surface area contributed by atoms with Gasteiger partial charge in [-0.25, -0.2) is 0 Å². The highest BCUT2D eigenvalue weighted by atomic mass is 16.5. The Labute approximate surface area is 339 Å². The molecule has 0 aliphatic rings. The van der Waals surface area contributed by atoms with Crippen molar-refractivity contribution in [3.05, 3.63) is 48.6 Å². The lowest BCUT2D eigenvalue weighted by molar-refractivity contribution is -0.150. The maximum Gasteiger partial charge on any atom is 0.322 e. The van der Waals surface area contributed by atoms with Crippen LogP contribution in [0.4, 0.5) is 0 Å². The Morgan fingerprint density at radius 1 is 0.473 bits per heavy atom. The molecule has 2 N–H and O–H groups in total. The Morgan fingerprint density at radius 2 is 0.836 bits per heavy atom. The molecule has 0 aromatic heterocycles. The zero-order valence-electron chi connectivity index (χ0n) is 36.0. The number of carbonyl (C=O) groups excluding carboxylic acids is 2. The van der Waals surface area contributed by atoms with E-state index >= 15 is 0 Å². The van der Waals surface area contributed by atoms with Gasteiger partial charge in [0.1, 0.15) is 12.6 Å². The summed E-state index contributed by atoms with van der Waals surface area (Å²) in [6.07, 6.45) is 56.6. The average Bonchev–Trinajstić information content (AvgIpc) is 3.17. The molecule has 6 heteroatoms. The summed E-state index contributed by atoms with van der Waals surface area (Å²) >= 11 is 0. The maximum atomic E-state index is 12.8. The molecule has 0 bridgehead atoms. The molecule has 1 unspecified atom stereocenters. The lowest BCUT2D eigenvalue weighted by Crippen LogP contribution is -2.28. The fraction of sp³-hybridized carbons (Fsp3) is 0.776. The zero-order valence-corrected chi connectivity index (χ0v) is 36.0. The lowest BCUT2D eigenvalue weighted by atomic mass is 10.0. The molecule has 0 aliphatic carbocycles. The average molecular weight is 770 g/mol. The third-order valence-corrected chi connectivity index (χ3v) is 10.2. The first-order valence-electron chi connectivity index (χ1n) is 23.3. The van der Waals surface area contributed by atoms with Crippen LogP contribution in [0.3, 0.4) is 0 Å². The summed E-state index contributed by atoms with van der Waals surface area (Å²) in [5, 5.41) is 11.1. The number of carboxylic acids is 1. The molecule has 0 aromatic carbocycles. The molecule has 6 nitrogen and oxygen atoms in total. The fourth-order valence-corrected chi connectivity index (χ4v) is 6.75. The van der Waals surface area contributed by atoms with Gasteiger partial charge in [-0.05, 0) is 103 Å². The second-order valence-corrected chi connectivity index (χ2v) is 15.6. The van der Waals surface area contributed by atoms with Crippen LogP contribution in [0.1, 0.15) is 232 Å². The second kappa shape index (κ2) is 44.1. The molecule has 318 valence electrons. The number of hydrogen-bond donors (Lipinski definition) is 2. The highest BCUT2D eigenvalue weighted by Crippen LogP contribution is 2.18. The molecule has 0 saturated carbocycles. The number of allylic oxidation sites excluding steroid dienone is 8. The largest absolute Gasteiger partial charge is 0.480 e. The van der Waals surface area contributed by atoms with Gasteiger partial charge >= 0.3 is 11.9 Å². The van der Waals surface area contributed by atoms with Crippen LogP contribution >= 0.6 is 0 Å². The number of nitrogens with one attached hydrogen (secondary N) is 1. The second-order valence-electron chi connectivity index (χ2n) is 15.6. The third-order valence-electron chi connectivity index (χ3n) is 10.2. The van der Waals surface area contributed by atoms with Crippen molar-refractivity contribution < 1.29 is 24.2 Å². The first-order valence-corrected chi connectivity index (χ1v) is 23.3. The van der Waals surface area contributed by atoms with Gasteiger partial charge in [0.2, 0.25) is 5.91 Å². The first-order chi connectivity index (χ1) is 27.0. The minimum Gasteiger partial charge on any atom is -0.480 e. The van der Waals surface area contributed by atoms with E-state index in [4.69, 9.17) is 9.84 Å². The van der Waals surface area contributed by atoms with Gasteiger partial charge in [-0.15, -0.1) is 0 Å². The predicted molar refractivity (Wildman–Crippen MR) is 235 cm³/mol. The van der Waals surface area contributed by atoms with Crippen LogP contribution < -0.4 is 5.32 Å². The van der Waals surface area contributed by atoms with E-state index in [9.17, 15) is 14.4 Å². The van der Waals surface area contributed by atoms with Gasteiger partial charge in [0, 0.05) is 12.8 Å². The normalized spacial score (nSPS) is 12.5. The van der Waals surface area contributed by atoms with Crippen LogP contribution in [0.2, 0.25) is 0 Å². The summed E-state index contributed by atoms with van der Waals surface area (Å²) in [5.41, 5.74) is 0. The number of esters is 1. The summed E-state index contributed by atoms with van der Waals surface area (Å²) in [6, 6.07) is 0. The molecule has 0 heterocycles. The summed E-state index contributed by atoms with van der Waals surface area (Å²) in [7, 11) is 0. The van der Waals surface area contributed by atoms with E-state index in [1.165, 1.54) is 116 Å². The SMILES string of the molecule is CCCCCC/C=C\C/C=C\CCCCCCCCCC(=O)OC(CCCCC/C=C\C/C=C\CCCCCCC)CCCCCCCC(=O)NCC(=O)O. The van der Waals surface area contributed by atoms with E-state index in [-0.39, 0.29) is 24.5 Å². The van der Waals surface area contributed by atoms with Gasteiger partial charge in [-0.3, -0.25) is 14.4 Å². The monoisotopic (exact) mass is 770 g/mol. The van der Waals surface area contributed by atoms with Crippen molar-refractivity contribution in [2.45, 2.75) is 238 Å². The Kier molecular flexibility index (Phi) is 42.0.